The Hall–Kier alpha value is -3.08. The number of urea groups is 1. The molecule has 0 atom stereocenters. The molecule has 0 aliphatic heterocycles. The molecule has 3 N–H and O–H groups in total. The molecule has 0 aromatic heterocycles. The zero-order valence-corrected chi connectivity index (χ0v) is 11.3. The van der Waals surface area contributed by atoms with Gasteiger partial charge in [-0.1, -0.05) is 6.07 Å². The van der Waals surface area contributed by atoms with E-state index in [1.165, 1.54) is 18.0 Å². The van der Waals surface area contributed by atoms with Gasteiger partial charge in [0.1, 0.15) is 6.54 Å². The van der Waals surface area contributed by atoms with E-state index >= 15 is 0 Å². The van der Waals surface area contributed by atoms with E-state index < -0.39 is 24.5 Å². The molecule has 0 aliphatic rings. The van der Waals surface area contributed by atoms with Crippen LogP contribution in [0.15, 0.2) is 24.3 Å². The third kappa shape index (κ3) is 5.20. The first-order valence-corrected chi connectivity index (χ1v) is 5.94. The molecule has 1 aromatic carbocycles. The van der Waals surface area contributed by atoms with Crippen LogP contribution < -0.4 is 15.5 Å². The minimum atomic E-state index is -1.17. The molecule has 0 unspecified atom stereocenters. The number of carbonyl (C=O) groups excluding carboxylic acids is 2. The molecular formula is C13H14N4O4. The monoisotopic (exact) mass is 290 g/mol. The van der Waals surface area contributed by atoms with E-state index in [4.69, 9.17) is 10.4 Å². The maximum Gasteiger partial charge on any atom is 0.322 e. The van der Waals surface area contributed by atoms with Crippen molar-refractivity contribution in [3.63, 3.8) is 0 Å². The number of nitrogens with one attached hydrogen (secondary N) is 2. The van der Waals surface area contributed by atoms with Crippen LogP contribution >= 0.6 is 0 Å². The van der Waals surface area contributed by atoms with Crippen molar-refractivity contribution in [2.24, 2.45) is 0 Å². The highest BCUT2D eigenvalue weighted by Crippen LogP contribution is 2.14. The molecule has 110 valence electrons. The Morgan fingerprint density at radius 1 is 1.29 bits per heavy atom. The Morgan fingerprint density at radius 2 is 2.00 bits per heavy atom. The second-order valence-corrected chi connectivity index (χ2v) is 4.05. The molecule has 0 spiro atoms. The fourth-order valence-electron chi connectivity index (χ4n) is 1.41. The molecule has 1 rings (SSSR count). The van der Waals surface area contributed by atoms with Gasteiger partial charge in [0, 0.05) is 12.7 Å². The summed E-state index contributed by atoms with van der Waals surface area (Å²) in [5.74, 6) is -1.77. The predicted molar refractivity (Wildman–Crippen MR) is 73.6 cm³/mol. The molecule has 0 saturated heterocycles. The quantitative estimate of drug-likeness (QED) is 0.699. The van der Waals surface area contributed by atoms with Gasteiger partial charge in [-0.3, -0.25) is 14.5 Å². The number of carboxylic acid groups (broad SMARTS) is 1. The number of anilines is 1. The standard InChI is InChI=1S/C13H14N4O4/c1-17(10-4-2-3-9(5-10)6-14)13(21)16-7-11(18)15-8-12(19)20/h2-5H,7-8H2,1H3,(H,15,18)(H,16,21)(H,19,20). The summed E-state index contributed by atoms with van der Waals surface area (Å²) in [6, 6.07) is 7.83. The van der Waals surface area contributed by atoms with Crippen LogP contribution in [0.1, 0.15) is 5.56 Å². The normalized spacial score (nSPS) is 9.33. The Balaban J connectivity index is 2.53. The predicted octanol–water partition coefficient (Wildman–Crippen LogP) is -0.0951. The van der Waals surface area contributed by atoms with Gasteiger partial charge in [0.25, 0.3) is 0 Å². The van der Waals surface area contributed by atoms with E-state index in [2.05, 4.69) is 10.6 Å². The van der Waals surface area contributed by atoms with Crippen molar-refractivity contribution in [1.82, 2.24) is 10.6 Å². The molecule has 0 heterocycles. The van der Waals surface area contributed by atoms with Crippen LogP contribution in [0, 0.1) is 11.3 Å². The fourth-order valence-corrected chi connectivity index (χ4v) is 1.41. The van der Waals surface area contributed by atoms with Gasteiger partial charge in [-0.25, -0.2) is 4.79 Å². The van der Waals surface area contributed by atoms with Crippen LogP contribution in [0.4, 0.5) is 10.5 Å². The van der Waals surface area contributed by atoms with E-state index in [0.717, 1.165) is 0 Å². The number of carboxylic acids is 1. The molecule has 0 saturated carbocycles. The van der Waals surface area contributed by atoms with Crippen molar-refractivity contribution in [3.05, 3.63) is 29.8 Å². The highest BCUT2D eigenvalue weighted by atomic mass is 16.4. The largest absolute Gasteiger partial charge is 0.480 e. The van der Waals surface area contributed by atoms with Gasteiger partial charge in [0.15, 0.2) is 0 Å². The molecule has 0 fully saturated rings. The van der Waals surface area contributed by atoms with E-state index in [-0.39, 0.29) is 6.54 Å². The second-order valence-electron chi connectivity index (χ2n) is 4.05. The number of nitriles is 1. The second kappa shape index (κ2) is 7.49. The van der Waals surface area contributed by atoms with Crippen LogP contribution in [-0.4, -0.2) is 43.2 Å². The average Bonchev–Trinajstić information content (AvgIpc) is 2.49. The van der Waals surface area contributed by atoms with Gasteiger partial charge in [0.05, 0.1) is 18.2 Å². The number of hydrogen-bond acceptors (Lipinski definition) is 4. The number of rotatable bonds is 5. The maximum absolute atomic E-state index is 11.8. The fraction of sp³-hybridized carbons (Fsp3) is 0.231. The zero-order chi connectivity index (χ0) is 15.8. The minimum absolute atomic E-state index is 0.339. The lowest BCUT2D eigenvalue weighted by molar-refractivity contribution is -0.137. The lowest BCUT2D eigenvalue weighted by Gasteiger charge is -2.18. The van der Waals surface area contributed by atoms with Gasteiger partial charge in [-0.15, -0.1) is 0 Å². The summed E-state index contributed by atoms with van der Waals surface area (Å²) in [5, 5.41) is 21.6. The Labute approximate surface area is 121 Å². The van der Waals surface area contributed by atoms with Crippen LogP contribution in [0.3, 0.4) is 0 Å². The zero-order valence-electron chi connectivity index (χ0n) is 11.3. The number of hydrogen-bond donors (Lipinski definition) is 3. The summed E-state index contributed by atoms with van der Waals surface area (Å²) in [5.41, 5.74) is 0.906. The number of benzene rings is 1. The topological polar surface area (TPSA) is 123 Å². The highest BCUT2D eigenvalue weighted by Gasteiger charge is 2.12. The van der Waals surface area contributed by atoms with Crippen LogP contribution in [0.2, 0.25) is 0 Å². The highest BCUT2D eigenvalue weighted by molar-refractivity contribution is 5.94. The summed E-state index contributed by atoms with van der Waals surface area (Å²) < 4.78 is 0. The van der Waals surface area contributed by atoms with E-state index in [9.17, 15) is 14.4 Å². The molecule has 1 aromatic rings. The molecule has 0 bridgehead atoms. The van der Waals surface area contributed by atoms with Gasteiger partial charge in [0.2, 0.25) is 5.91 Å². The van der Waals surface area contributed by atoms with Gasteiger partial charge < -0.3 is 15.7 Å². The summed E-state index contributed by atoms with van der Waals surface area (Å²) >= 11 is 0. The first kappa shape index (κ1) is 16.0. The third-order valence-corrected chi connectivity index (χ3v) is 2.50. The summed E-state index contributed by atoms with van der Waals surface area (Å²) in [7, 11) is 1.49. The molecule has 0 radical (unpaired) electrons. The molecule has 3 amide bonds. The Kier molecular flexibility index (Phi) is 5.70. The Morgan fingerprint density at radius 3 is 2.62 bits per heavy atom. The summed E-state index contributed by atoms with van der Waals surface area (Å²) in [6.07, 6.45) is 0. The van der Waals surface area contributed by atoms with Gasteiger partial charge in [-0.05, 0) is 18.2 Å². The Bertz CT molecular complexity index is 594. The van der Waals surface area contributed by atoms with Crippen molar-refractivity contribution in [2.75, 3.05) is 25.0 Å². The van der Waals surface area contributed by atoms with E-state index in [1.54, 1.807) is 18.2 Å². The smallest absolute Gasteiger partial charge is 0.322 e. The molecule has 8 nitrogen and oxygen atoms in total. The third-order valence-electron chi connectivity index (χ3n) is 2.50. The van der Waals surface area contributed by atoms with Crippen molar-refractivity contribution in [3.8, 4) is 6.07 Å². The number of carbonyl (C=O) groups is 3. The van der Waals surface area contributed by atoms with Crippen molar-refractivity contribution < 1.29 is 19.5 Å². The van der Waals surface area contributed by atoms with Crippen LogP contribution in [0.5, 0.6) is 0 Å². The summed E-state index contributed by atoms with van der Waals surface area (Å²) in [4.78, 5) is 34.6. The van der Waals surface area contributed by atoms with Crippen LogP contribution in [0.25, 0.3) is 0 Å². The molecular weight excluding hydrogens is 276 g/mol. The molecule has 0 aliphatic carbocycles. The number of aliphatic carboxylic acids is 1. The van der Waals surface area contributed by atoms with Gasteiger partial charge >= 0.3 is 12.0 Å². The maximum atomic E-state index is 11.8. The number of amides is 3. The van der Waals surface area contributed by atoms with Crippen molar-refractivity contribution >= 4 is 23.6 Å². The number of nitrogens with zero attached hydrogens (tertiary/aromatic N) is 2. The first-order chi connectivity index (χ1) is 9.93. The van der Waals surface area contributed by atoms with Crippen molar-refractivity contribution in [1.29, 1.82) is 5.26 Å². The SMILES string of the molecule is CN(C(=O)NCC(=O)NCC(=O)O)c1cccc(C#N)c1. The molecule has 21 heavy (non-hydrogen) atoms. The lowest BCUT2D eigenvalue weighted by atomic mass is 10.2. The first-order valence-electron chi connectivity index (χ1n) is 5.94. The van der Waals surface area contributed by atoms with Gasteiger partial charge in [-0.2, -0.15) is 5.26 Å². The molecule has 8 heteroatoms. The lowest BCUT2D eigenvalue weighted by Crippen LogP contribution is -2.43. The minimum Gasteiger partial charge on any atom is -0.480 e. The van der Waals surface area contributed by atoms with E-state index in [0.29, 0.717) is 11.3 Å². The average molecular weight is 290 g/mol. The van der Waals surface area contributed by atoms with Crippen LogP contribution in [-0.2, 0) is 9.59 Å². The summed E-state index contributed by atoms with van der Waals surface area (Å²) in [6.45, 7) is -0.844. The van der Waals surface area contributed by atoms with Crippen molar-refractivity contribution in [2.45, 2.75) is 0 Å². The van der Waals surface area contributed by atoms with E-state index in [1.807, 2.05) is 6.07 Å².